The fourth-order valence-corrected chi connectivity index (χ4v) is 1.87. The molecule has 0 aliphatic carbocycles. The molecular formula is C13H22ClN5O. The van der Waals surface area contributed by atoms with Crippen LogP contribution in [0.25, 0.3) is 0 Å². The molecule has 1 amide bonds. The lowest BCUT2D eigenvalue weighted by Gasteiger charge is -2.25. The van der Waals surface area contributed by atoms with Crippen LogP contribution in [0.4, 0.5) is 11.8 Å². The molecule has 1 heterocycles. The van der Waals surface area contributed by atoms with Crippen molar-refractivity contribution in [2.24, 2.45) is 0 Å². The van der Waals surface area contributed by atoms with E-state index < -0.39 is 0 Å². The average Bonchev–Trinajstić information content (AvgIpc) is 2.40. The van der Waals surface area contributed by atoms with Crippen LogP contribution < -0.4 is 10.2 Å². The number of halogens is 1. The first-order valence-corrected chi connectivity index (χ1v) is 7.08. The highest BCUT2D eigenvalue weighted by molar-refractivity contribution is 6.32. The summed E-state index contributed by atoms with van der Waals surface area (Å²) >= 11 is 6.17. The normalized spacial score (nSPS) is 10.2. The van der Waals surface area contributed by atoms with Crippen LogP contribution in [0.1, 0.15) is 20.3 Å². The van der Waals surface area contributed by atoms with Gasteiger partial charge in [-0.25, -0.2) is 4.98 Å². The fraction of sp³-hybridized carbons (Fsp3) is 0.615. The predicted molar refractivity (Wildman–Crippen MR) is 82.4 cm³/mol. The van der Waals surface area contributed by atoms with Crippen LogP contribution in [-0.2, 0) is 4.79 Å². The summed E-state index contributed by atoms with van der Waals surface area (Å²) in [5.41, 5.74) is 0. The number of anilines is 2. The number of likely N-dealkylation sites (N-methyl/N-ethyl adjacent to an activating group) is 1. The van der Waals surface area contributed by atoms with Crippen molar-refractivity contribution in [3.8, 4) is 0 Å². The Kier molecular flexibility index (Phi) is 6.51. The van der Waals surface area contributed by atoms with E-state index in [1.165, 1.54) is 0 Å². The van der Waals surface area contributed by atoms with E-state index in [0.29, 0.717) is 23.3 Å². The summed E-state index contributed by atoms with van der Waals surface area (Å²) in [6.07, 6.45) is 2.46. The van der Waals surface area contributed by atoms with E-state index in [9.17, 15) is 4.79 Å². The number of nitrogens with one attached hydrogen (secondary N) is 1. The van der Waals surface area contributed by atoms with Gasteiger partial charge in [0.1, 0.15) is 5.02 Å². The third-order valence-corrected chi connectivity index (χ3v) is 2.95. The van der Waals surface area contributed by atoms with Gasteiger partial charge in [-0.05, 0) is 13.3 Å². The molecule has 0 aliphatic rings. The van der Waals surface area contributed by atoms with Crippen molar-refractivity contribution >= 4 is 29.3 Å². The summed E-state index contributed by atoms with van der Waals surface area (Å²) in [6, 6.07) is 0. The second-order valence-electron chi connectivity index (χ2n) is 4.61. The zero-order chi connectivity index (χ0) is 15.1. The minimum Gasteiger partial charge on any atom is -0.354 e. The molecule has 0 spiro atoms. The molecule has 1 rings (SSSR count). The van der Waals surface area contributed by atoms with Gasteiger partial charge in [0.25, 0.3) is 0 Å². The molecule has 7 heteroatoms. The summed E-state index contributed by atoms with van der Waals surface area (Å²) in [5.74, 6) is 1.12. The minimum absolute atomic E-state index is 0.0122. The van der Waals surface area contributed by atoms with Gasteiger partial charge in [0, 0.05) is 27.2 Å². The highest BCUT2D eigenvalue weighted by atomic mass is 35.5. The Morgan fingerprint density at radius 1 is 1.40 bits per heavy atom. The first kappa shape index (κ1) is 16.5. The number of carbonyl (C=O) groups is 1. The molecule has 6 nitrogen and oxygen atoms in total. The highest BCUT2D eigenvalue weighted by Crippen LogP contribution is 2.24. The Balaban J connectivity index is 3.00. The molecule has 20 heavy (non-hydrogen) atoms. The Bertz CT molecular complexity index is 452. The molecule has 0 fully saturated rings. The van der Waals surface area contributed by atoms with Crippen molar-refractivity contribution < 1.29 is 4.79 Å². The van der Waals surface area contributed by atoms with Gasteiger partial charge < -0.3 is 15.1 Å². The Morgan fingerprint density at radius 3 is 2.65 bits per heavy atom. The summed E-state index contributed by atoms with van der Waals surface area (Å²) in [7, 11) is 3.47. The van der Waals surface area contributed by atoms with Gasteiger partial charge in [0.2, 0.25) is 11.9 Å². The fourth-order valence-electron chi connectivity index (χ4n) is 1.66. The van der Waals surface area contributed by atoms with Crippen molar-refractivity contribution in [1.82, 2.24) is 14.9 Å². The second kappa shape index (κ2) is 7.89. The highest BCUT2D eigenvalue weighted by Gasteiger charge is 2.17. The smallest absolute Gasteiger partial charge is 0.241 e. The number of nitrogens with zero attached hydrogens (tertiary/aromatic N) is 4. The van der Waals surface area contributed by atoms with E-state index in [1.54, 1.807) is 25.2 Å². The first-order valence-electron chi connectivity index (χ1n) is 6.71. The zero-order valence-corrected chi connectivity index (χ0v) is 13.2. The topological polar surface area (TPSA) is 61.4 Å². The monoisotopic (exact) mass is 299 g/mol. The van der Waals surface area contributed by atoms with E-state index in [-0.39, 0.29) is 12.5 Å². The number of hydrogen-bond donors (Lipinski definition) is 1. The number of rotatable bonds is 7. The number of aromatic nitrogens is 2. The van der Waals surface area contributed by atoms with Crippen molar-refractivity contribution in [2.45, 2.75) is 20.3 Å². The Labute approximate surface area is 125 Å². The van der Waals surface area contributed by atoms with Crippen LogP contribution in [-0.4, -0.2) is 54.5 Å². The van der Waals surface area contributed by atoms with Crippen LogP contribution >= 0.6 is 11.6 Å². The number of hydrogen-bond acceptors (Lipinski definition) is 5. The molecule has 0 saturated carbocycles. The lowest BCUT2D eigenvalue weighted by molar-refractivity contribution is -0.127. The van der Waals surface area contributed by atoms with E-state index in [4.69, 9.17) is 11.6 Å². The largest absolute Gasteiger partial charge is 0.354 e. The van der Waals surface area contributed by atoms with Crippen LogP contribution in [0, 0.1) is 0 Å². The molecule has 1 N–H and O–H groups in total. The minimum atomic E-state index is 0.0122. The Morgan fingerprint density at radius 2 is 2.10 bits per heavy atom. The van der Waals surface area contributed by atoms with E-state index in [1.807, 2.05) is 18.7 Å². The zero-order valence-electron chi connectivity index (χ0n) is 12.5. The molecule has 0 saturated heterocycles. The first-order chi connectivity index (χ1) is 9.49. The summed E-state index contributed by atoms with van der Waals surface area (Å²) in [5, 5.41) is 3.50. The van der Waals surface area contributed by atoms with Gasteiger partial charge in [-0.1, -0.05) is 18.5 Å². The molecular weight excluding hydrogens is 278 g/mol. The number of carbonyl (C=O) groups excluding carboxylic acids is 1. The van der Waals surface area contributed by atoms with Crippen molar-refractivity contribution in [3.63, 3.8) is 0 Å². The molecule has 0 aromatic carbocycles. The lowest BCUT2D eigenvalue weighted by atomic mass is 10.3. The third kappa shape index (κ3) is 4.52. The van der Waals surface area contributed by atoms with Crippen molar-refractivity contribution in [3.05, 3.63) is 11.2 Å². The summed E-state index contributed by atoms with van der Waals surface area (Å²) in [4.78, 5) is 23.8. The van der Waals surface area contributed by atoms with Crippen molar-refractivity contribution in [1.29, 1.82) is 0 Å². The number of amides is 1. The maximum Gasteiger partial charge on any atom is 0.241 e. The molecule has 0 bridgehead atoms. The Hall–Kier alpha value is -1.56. The van der Waals surface area contributed by atoms with Crippen molar-refractivity contribution in [2.75, 3.05) is 43.9 Å². The standard InChI is InChI=1S/C13H22ClN5O/c1-5-7-19(9-11(20)18(3)4)12-10(14)8-16-13(17-12)15-6-2/h8H,5-7,9H2,1-4H3,(H,15,16,17). The average molecular weight is 300 g/mol. The maximum atomic E-state index is 11.9. The quantitative estimate of drug-likeness (QED) is 0.833. The molecule has 0 unspecified atom stereocenters. The van der Waals surface area contributed by atoms with Gasteiger partial charge in [-0.3, -0.25) is 4.79 Å². The summed E-state index contributed by atoms with van der Waals surface area (Å²) < 4.78 is 0. The SMILES string of the molecule is CCCN(CC(=O)N(C)C)c1nc(NCC)ncc1Cl. The van der Waals surface area contributed by atoms with Crippen LogP contribution in [0.5, 0.6) is 0 Å². The van der Waals surface area contributed by atoms with Gasteiger partial charge in [-0.15, -0.1) is 0 Å². The van der Waals surface area contributed by atoms with E-state index in [0.717, 1.165) is 13.0 Å². The van der Waals surface area contributed by atoms with Crippen LogP contribution in [0.2, 0.25) is 5.02 Å². The molecule has 112 valence electrons. The molecule has 0 atom stereocenters. The molecule has 0 radical (unpaired) electrons. The third-order valence-electron chi connectivity index (χ3n) is 2.68. The van der Waals surface area contributed by atoms with Crippen LogP contribution in [0.3, 0.4) is 0 Å². The predicted octanol–water partition coefficient (Wildman–Crippen LogP) is 1.87. The lowest BCUT2D eigenvalue weighted by Crippen LogP contribution is -2.37. The van der Waals surface area contributed by atoms with Crippen LogP contribution in [0.15, 0.2) is 6.20 Å². The van der Waals surface area contributed by atoms with Gasteiger partial charge >= 0.3 is 0 Å². The van der Waals surface area contributed by atoms with E-state index >= 15 is 0 Å². The van der Waals surface area contributed by atoms with Gasteiger partial charge in [0.15, 0.2) is 5.82 Å². The molecule has 1 aromatic rings. The summed E-state index contributed by atoms with van der Waals surface area (Å²) in [6.45, 7) is 5.71. The van der Waals surface area contributed by atoms with E-state index in [2.05, 4.69) is 15.3 Å². The second-order valence-corrected chi connectivity index (χ2v) is 5.01. The molecule has 1 aromatic heterocycles. The molecule has 0 aliphatic heterocycles. The maximum absolute atomic E-state index is 11.9. The van der Waals surface area contributed by atoms with Gasteiger partial charge in [-0.2, -0.15) is 4.98 Å². The van der Waals surface area contributed by atoms with Gasteiger partial charge in [0.05, 0.1) is 12.7 Å².